The van der Waals surface area contributed by atoms with Crippen molar-refractivity contribution in [1.82, 2.24) is 9.62 Å². The lowest BCUT2D eigenvalue weighted by molar-refractivity contribution is -0.124. The van der Waals surface area contributed by atoms with E-state index >= 15 is 0 Å². The monoisotopic (exact) mass is 444 g/mol. The number of fused-ring (bicyclic) bond motifs is 1. The Bertz CT molecular complexity index is 1190. The summed E-state index contributed by atoms with van der Waals surface area (Å²) >= 11 is 1.24. The average molecular weight is 445 g/mol. The highest BCUT2D eigenvalue weighted by atomic mass is 32.2. The van der Waals surface area contributed by atoms with E-state index in [1.807, 2.05) is 43.3 Å². The van der Waals surface area contributed by atoms with E-state index in [1.165, 1.54) is 15.6 Å². The molecule has 1 fully saturated rings. The molecule has 1 aliphatic rings. The van der Waals surface area contributed by atoms with Gasteiger partial charge in [0.15, 0.2) is 0 Å². The molecule has 1 atom stereocenters. The van der Waals surface area contributed by atoms with Crippen LogP contribution in [0.1, 0.15) is 23.3 Å². The van der Waals surface area contributed by atoms with Gasteiger partial charge >= 0.3 is 0 Å². The number of aryl methyl sites for hydroxylation is 1. The van der Waals surface area contributed by atoms with E-state index in [4.69, 9.17) is 4.74 Å². The van der Waals surface area contributed by atoms with Crippen LogP contribution < -0.4 is 10.1 Å². The van der Waals surface area contributed by atoms with Gasteiger partial charge in [-0.3, -0.25) is 4.79 Å². The molecule has 0 bridgehead atoms. The molecule has 2 heterocycles. The maximum Gasteiger partial charge on any atom is 0.253 e. The molecule has 1 aliphatic heterocycles. The molecule has 1 aromatic heterocycles. The Kier molecular flexibility index (Phi) is 5.81. The molecule has 1 N–H and O–H groups in total. The van der Waals surface area contributed by atoms with Gasteiger partial charge in [-0.15, -0.1) is 11.3 Å². The van der Waals surface area contributed by atoms with E-state index < -0.39 is 16.1 Å². The van der Waals surface area contributed by atoms with Crippen molar-refractivity contribution in [3.05, 3.63) is 59.0 Å². The number of amides is 1. The number of benzene rings is 2. The summed E-state index contributed by atoms with van der Waals surface area (Å²) in [6.45, 7) is 2.59. The summed E-state index contributed by atoms with van der Waals surface area (Å²) in [6.07, 6.45) is 1.21. The van der Waals surface area contributed by atoms with E-state index in [-0.39, 0.29) is 5.91 Å². The summed E-state index contributed by atoms with van der Waals surface area (Å²) in [4.78, 5) is 13.8. The molecular formula is C22H24N2O4S2. The summed E-state index contributed by atoms with van der Waals surface area (Å²) in [6, 6.07) is 14.6. The molecule has 6 nitrogen and oxygen atoms in total. The quantitative estimate of drug-likeness (QED) is 0.629. The molecule has 4 rings (SSSR count). The van der Waals surface area contributed by atoms with Gasteiger partial charge in [0.2, 0.25) is 5.91 Å². The fraction of sp³-hybridized carbons (Fsp3) is 0.318. The lowest BCUT2D eigenvalue weighted by Crippen LogP contribution is -2.45. The second-order valence-corrected chi connectivity index (χ2v) is 10.8. The van der Waals surface area contributed by atoms with E-state index in [0.29, 0.717) is 30.1 Å². The number of hydrogen-bond donors (Lipinski definition) is 1. The highest BCUT2D eigenvalue weighted by molar-refractivity contribution is 7.91. The zero-order valence-corrected chi connectivity index (χ0v) is 18.6. The third-order valence-corrected chi connectivity index (χ3v) is 8.74. The largest absolute Gasteiger partial charge is 0.497 e. The van der Waals surface area contributed by atoms with Crippen LogP contribution in [0.4, 0.5) is 0 Å². The highest BCUT2D eigenvalue weighted by Gasteiger charge is 2.39. The molecule has 0 saturated carbocycles. The minimum atomic E-state index is -3.65. The standard InChI is InChI=1S/C22H24N2O4S2/c1-15-5-10-21(29-15)30(26,27)24-11-3-4-20(24)22(25)23-14-16-6-7-18-13-19(28-2)9-8-17(18)12-16/h5-10,12-13,20H,3-4,11,14H2,1-2H3,(H,23,25). The fourth-order valence-electron chi connectivity index (χ4n) is 3.77. The first-order valence-corrected chi connectivity index (χ1v) is 12.1. The Morgan fingerprint density at radius 2 is 1.93 bits per heavy atom. The van der Waals surface area contributed by atoms with Gasteiger partial charge in [0.1, 0.15) is 16.0 Å². The summed E-state index contributed by atoms with van der Waals surface area (Å²) < 4.78 is 32.9. The lowest BCUT2D eigenvalue weighted by atomic mass is 10.1. The molecule has 1 unspecified atom stereocenters. The van der Waals surface area contributed by atoms with Crippen molar-refractivity contribution < 1.29 is 17.9 Å². The summed E-state index contributed by atoms with van der Waals surface area (Å²) in [5, 5.41) is 5.04. The third kappa shape index (κ3) is 4.08. The number of hydrogen-bond acceptors (Lipinski definition) is 5. The van der Waals surface area contributed by atoms with E-state index in [1.54, 1.807) is 19.2 Å². The van der Waals surface area contributed by atoms with Gasteiger partial charge < -0.3 is 10.1 Å². The Balaban J connectivity index is 1.46. The van der Waals surface area contributed by atoms with Crippen molar-refractivity contribution >= 4 is 38.0 Å². The zero-order chi connectivity index (χ0) is 21.3. The van der Waals surface area contributed by atoms with Crippen LogP contribution in [-0.4, -0.2) is 38.3 Å². The average Bonchev–Trinajstić information content (AvgIpc) is 3.41. The number of thiophene rings is 1. The molecule has 0 radical (unpaired) electrons. The number of nitrogens with zero attached hydrogens (tertiary/aromatic N) is 1. The van der Waals surface area contributed by atoms with Crippen molar-refractivity contribution in [2.45, 2.75) is 36.6 Å². The maximum atomic E-state index is 13.0. The normalized spacial score (nSPS) is 17.3. The first kappa shape index (κ1) is 20.8. The van der Waals surface area contributed by atoms with Crippen LogP contribution in [0.2, 0.25) is 0 Å². The Morgan fingerprint density at radius 3 is 2.67 bits per heavy atom. The number of carbonyl (C=O) groups excluding carboxylic acids is 1. The van der Waals surface area contributed by atoms with Crippen LogP contribution in [0, 0.1) is 6.92 Å². The minimum Gasteiger partial charge on any atom is -0.497 e. The predicted molar refractivity (Wildman–Crippen MR) is 118 cm³/mol. The molecule has 1 amide bonds. The Hall–Kier alpha value is -2.42. The SMILES string of the molecule is COc1ccc2cc(CNC(=O)C3CCCN3S(=O)(=O)c3ccc(C)s3)ccc2c1. The van der Waals surface area contributed by atoms with Gasteiger partial charge in [-0.2, -0.15) is 4.31 Å². The summed E-state index contributed by atoms with van der Waals surface area (Å²) in [5.41, 5.74) is 0.960. The summed E-state index contributed by atoms with van der Waals surface area (Å²) in [5.74, 6) is 0.547. The number of methoxy groups -OCH3 is 1. The maximum absolute atomic E-state index is 13.0. The molecule has 0 spiro atoms. The number of carbonyl (C=O) groups is 1. The molecule has 3 aromatic rings. The van der Waals surface area contributed by atoms with Gasteiger partial charge in [-0.25, -0.2) is 8.42 Å². The van der Waals surface area contributed by atoms with Crippen LogP contribution in [0.5, 0.6) is 5.75 Å². The van der Waals surface area contributed by atoms with Crippen molar-refractivity contribution in [2.75, 3.05) is 13.7 Å². The van der Waals surface area contributed by atoms with E-state index in [9.17, 15) is 13.2 Å². The topological polar surface area (TPSA) is 75.7 Å². The molecule has 2 aromatic carbocycles. The van der Waals surface area contributed by atoms with Gasteiger partial charge in [-0.05, 0) is 66.4 Å². The smallest absolute Gasteiger partial charge is 0.253 e. The number of nitrogens with one attached hydrogen (secondary N) is 1. The van der Waals surface area contributed by atoms with Crippen LogP contribution in [0.3, 0.4) is 0 Å². The number of ether oxygens (including phenoxy) is 1. The van der Waals surface area contributed by atoms with Crippen LogP contribution in [0.25, 0.3) is 10.8 Å². The molecule has 1 saturated heterocycles. The van der Waals surface area contributed by atoms with Gasteiger partial charge in [0, 0.05) is 18.0 Å². The molecule has 30 heavy (non-hydrogen) atoms. The van der Waals surface area contributed by atoms with E-state index in [0.717, 1.165) is 27.0 Å². The first-order valence-electron chi connectivity index (χ1n) is 9.81. The Morgan fingerprint density at radius 1 is 1.17 bits per heavy atom. The predicted octanol–water partition coefficient (Wildman–Crippen LogP) is 3.69. The Labute approximate surface area is 180 Å². The fourth-order valence-corrected chi connectivity index (χ4v) is 6.84. The van der Waals surface area contributed by atoms with Gasteiger partial charge in [-0.1, -0.05) is 18.2 Å². The first-order chi connectivity index (χ1) is 14.4. The molecule has 158 valence electrons. The molecule has 8 heteroatoms. The second-order valence-electron chi connectivity index (χ2n) is 7.40. The van der Waals surface area contributed by atoms with Crippen LogP contribution in [0.15, 0.2) is 52.7 Å². The third-order valence-electron chi connectivity index (χ3n) is 5.36. The number of rotatable bonds is 6. The van der Waals surface area contributed by atoms with Gasteiger partial charge in [0.25, 0.3) is 10.0 Å². The molecule has 0 aliphatic carbocycles. The molecular weight excluding hydrogens is 420 g/mol. The van der Waals surface area contributed by atoms with Crippen LogP contribution >= 0.6 is 11.3 Å². The lowest BCUT2D eigenvalue weighted by Gasteiger charge is -2.22. The van der Waals surface area contributed by atoms with Crippen molar-refractivity contribution in [3.8, 4) is 5.75 Å². The second kappa shape index (κ2) is 8.37. The van der Waals surface area contributed by atoms with Gasteiger partial charge in [0.05, 0.1) is 7.11 Å². The zero-order valence-electron chi connectivity index (χ0n) is 16.9. The van der Waals surface area contributed by atoms with Crippen molar-refractivity contribution in [2.24, 2.45) is 0 Å². The highest BCUT2D eigenvalue weighted by Crippen LogP contribution is 2.30. The van der Waals surface area contributed by atoms with Crippen molar-refractivity contribution in [3.63, 3.8) is 0 Å². The minimum absolute atomic E-state index is 0.251. The number of sulfonamides is 1. The summed E-state index contributed by atoms with van der Waals surface area (Å²) in [7, 11) is -2.02. The van der Waals surface area contributed by atoms with E-state index in [2.05, 4.69) is 5.32 Å². The van der Waals surface area contributed by atoms with Crippen LogP contribution in [-0.2, 0) is 21.4 Å². The van der Waals surface area contributed by atoms with Crippen molar-refractivity contribution in [1.29, 1.82) is 0 Å².